The summed E-state index contributed by atoms with van der Waals surface area (Å²) in [6.07, 6.45) is 3.64. The molecule has 0 saturated heterocycles. The first-order valence-electron chi connectivity index (χ1n) is 4.58. The minimum Gasteiger partial charge on any atom is -0.365 e. The van der Waals surface area contributed by atoms with Crippen molar-refractivity contribution in [2.24, 2.45) is 0 Å². The lowest BCUT2D eigenvalue weighted by Crippen LogP contribution is -2.03. The van der Waals surface area contributed by atoms with Gasteiger partial charge in [-0.25, -0.2) is 0 Å². The van der Waals surface area contributed by atoms with Crippen LogP contribution in [0.2, 0.25) is 0 Å². The van der Waals surface area contributed by atoms with E-state index in [4.69, 9.17) is 0 Å². The number of para-hydroxylation sites is 1. The molecule has 1 aromatic heterocycles. The van der Waals surface area contributed by atoms with Crippen LogP contribution < -0.4 is 5.32 Å². The van der Waals surface area contributed by atoms with Crippen LogP contribution in [0.15, 0.2) is 47.3 Å². The summed E-state index contributed by atoms with van der Waals surface area (Å²) in [5.41, 5.74) is 2.07. The fraction of sp³-hybridized carbons (Fsp3) is 0.0909. The van der Waals surface area contributed by atoms with Crippen molar-refractivity contribution in [3.63, 3.8) is 0 Å². The van der Waals surface area contributed by atoms with E-state index in [9.17, 15) is 4.79 Å². The molecule has 0 unspecified atom stereocenters. The van der Waals surface area contributed by atoms with Crippen molar-refractivity contribution in [2.45, 2.75) is 6.42 Å². The van der Waals surface area contributed by atoms with Crippen LogP contribution >= 0.6 is 0 Å². The minimum atomic E-state index is 0.0983. The lowest BCUT2D eigenvalue weighted by molar-refractivity contribution is -0.115. The Bertz CT molecular complexity index is 393. The van der Waals surface area contributed by atoms with E-state index in [0.29, 0.717) is 6.42 Å². The van der Waals surface area contributed by atoms with Crippen LogP contribution in [0.1, 0.15) is 5.56 Å². The number of rotatable bonds is 0. The maximum absolute atomic E-state index is 10.8. The van der Waals surface area contributed by atoms with E-state index in [-0.39, 0.29) is 5.91 Å². The molecule has 0 spiro atoms. The van der Waals surface area contributed by atoms with Gasteiger partial charge in [-0.05, 0) is 17.7 Å². The number of hydrogen-bond acceptors (Lipinski definition) is 3. The van der Waals surface area contributed by atoms with Crippen molar-refractivity contribution in [3.05, 3.63) is 48.4 Å². The normalized spacial score (nSPS) is 12.4. The van der Waals surface area contributed by atoms with Crippen LogP contribution in [-0.2, 0) is 11.2 Å². The fourth-order valence-corrected chi connectivity index (χ4v) is 1.34. The van der Waals surface area contributed by atoms with Gasteiger partial charge in [-0.1, -0.05) is 23.4 Å². The summed E-state index contributed by atoms with van der Waals surface area (Å²) in [6, 6.07) is 9.47. The Kier molecular flexibility index (Phi) is 2.78. The minimum absolute atomic E-state index is 0.0983. The molecule has 2 heterocycles. The zero-order chi connectivity index (χ0) is 10.5. The number of carbonyl (C=O) groups excluding carboxylic acids is 1. The van der Waals surface area contributed by atoms with Crippen LogP contribution in [-0.4, -0.2) is 11.1 Å². The first-order valence-corrected chi connectivity index (χ1v) is 4.58. The second-order valence-electron chi connectivity index (χ2n) is 3.07. The van der Waals surface area contributed by atoms with Gasteiger partial charge in [0.15, 0.2) is 0 Å². The summed E-state index contributed by atoms with van der Waals surface area (Å²) >= 11 is 0. The van der Waals surface area contributed by atoms with Crippen molar-refractivity contribution in [2.75, 3.05) is 5.32 Å². The molecule has 0 atom stereocenters. The SMILES string of the molecule is O=C1Cc2ccccc2N1.c1cnoc1. The molecule has 0 bridgehead atoms. The number of nitrogens with zero attached hydrogens (tertiary/aromatic N) is 1. The molecule has 4 heteroatoms. The monoisotopic (exact) mass is 202 g/mol. The van der Waals surface area contributed by atoms with Crippen LogP contribution in [0.25, 0.3) is 0 Å². The molecule has 1 aromatic carbocycles. The van der Waals surface area contributed by atoms with Gasteiger partial charge in [0.05, 0.1) is 12.6 Å². The predicted molar refractivity (Wildman–Crippen MR) is 55.3 cm³/mol. The van der Waals surface area contributed by atoms with E-state index in [2.05, 4.69) is 15.0 Å². The Labute approximate surface area is 86.9 Å². The fourth-order valence-electron chi connectivity index (χ4n) is 1.34. The third kappa shape index (κ3) is 2.43. The van der Waals surface area contributed by atoms with Gasteiger partial charge in [0.2, 0.25) is 5.91 Å². The molecule has 0 fully saturated rings. The summed E-state index contributed by atoms with van der Waals surface area (Å²) in [5.74, 6) is 0.0983. The van der Waals surface area contributed by atoms with E-state index in [0.717, 1.165) is 11.3 Å². The molecule has 1 amide bonds. The standard InChI is InChI=1S/C8H7NO.C3H3NO/c10-8-5-6-3-1-2-4-7(6)9-8;1-2-4-5-3-1/h1-4H,5H2,(H,9,10);1-3H. The zero-order valence-electron chi connectivity index (χ0n) is 8.01. The summed E-state index contributed by atoms with van der Waals surface area (Å²) < 4.78 is 4.33. The van der Waals surface area contributed by atoms with Crippen LogP contribution in [0, 0.1) is 0 Å². The van der Waals surface area contributed by atoms with E-state index in [1.165, 1.54) is 6.26 Å². The topological polar surface area (TPSA) is 55.1 Å². The molecule has 15 heavy (non-hydrogen) atoms. The number of anilines is 1. The van der Waals surface area contributed by atoms with Gasteiger partial charge >= 0.3 is 0 Å². The molecule has 4 nitrogen and oxygen atoms in total. The van der Waals surface area contributed by atoms with Crippen LogP contribution in [0.5, 0.6) is 0 Å². The molecule has 3 rings (SSSR count). The van der Waals surface area contributed by atoms with Crippen molar-refractivity contribution in [1.29, 1.82) is 0 Å². The number of carbonyl (C=O) groups is 1. The quantitative estimate of drug-likeness (QED) is 0.709. The third-order valence-corrected chi connectivity index (χ3v) is 1.99. The smallest absolute Gasteiger partial charge is 0.228 e. The van der Waals surface area contributed by atoms with Crippen molar-refractivity contribution >= 4 is 11.6 Å². The zero-order valence-corrected chi connectivity index (χ0v) is 8.01. The highest BCUT2D eigenvalue weighted by atomic mass is 16.5. The van der Waals surface area contributed by atoms with Gasteiger partial charge in [-0.3, -0.25) is 4.79 Å². The highest BCUT2D eigenvalue weighted by Crippen LogP contribution is 2.20. The van der Waals surface area contributed by atoms with Crippen molar-refractivity contribution in [3.8, 4) is 0 Å². The van der Waals surface area contributed by atoms with E-state index < -0.39 is 0 Å². The van der Waals surface area contributed by atoms with Crippen LogP contribution in [0.3, 0.4) is 0 Å². The molecule has 1 aliphatic rings. The number of fused-ring (bicyclic) bond motifs is 1. The Balaban J connectivity index is 0.000000144. The Morgan fingerprint density at radius 3 is 2.73 bits per heavy atom. The largest absolute Gasteiger partial charge is 0.365 e. The van der Waals surface area contributed by atoms with Crippen molar-refractivity contribution < 1.29 is 9.32 Å². The van der Waals surface area contributed by atoms with Gasteiger partial charge < -0.3 is 9.84 Å². The average Bonchev–Trinajstić information content (AvgIpc) is 2.87. The number of benzene rings is 1. The van der Waals surface area contributed by atoms with Gasteiger partial charge in [-0.15, -0.1) is 0 Å². The van der Waals surface area contributed by atoms with E-state index >= 15 is 0 Å². The maximum atomic E-state index is 10.8. The molecule has 1 aliphatic heterocycles. The number of amides is 1. The van der Waals surface area contributed by atoms with Crippen LogP contribution in [0.4, 0.5) is 5.69 Å². The highest BCUT2D eigenvalue weighted by molar-refractivity contribution is 5.98. The van der Waals surface area contributed by atoms with Gasteiger partial charge in [0, 0.05) is 5.69 Å². The molecule has 2 aromatic rings. The summed E-state index contributed by atoms with van der Waals surface area (Å²) in [4.78, 5) is 10.8. The lowest BCUT2D eigenvalue weighted by Gasteiger charge is -1.93. The molecular formula is C11H10N2O2. The first kappa shape index (κ1) is 9.45. The number of aromatic nitrogens is 1. The molecule has 0 radical (unpaired) electrons. The average molecular weight is 202 g/mol. The van der Waals surface area contributed by atoms with Crippen molar-refractivity contribution in [1.82, 2.24) is 5.16 Å². The Hall–Kier alpha value is -2.10. The molecule has 1 N–H and O–H groups in total. The van der Waals surface area contributed by atoms with E-state index in [1.807, 2.05) is 24.3 Å². The maximum Gasteiger partial charge on any atom is 0.228 e. The number of hydrogen-bond donors (Lipinski definition) is 1. The molecule has 76 valence electrons. The first-order chi connectivity index (χ1) is 7.36. The molecule has 0 aliphatic carbocycles. The summed E-state index contributed by atoms with van der Waals surface area (Å²) in [6.45, 7) is 0. The second kappa shape index (κ2) is 4.41. The lowest BCUT2D eigenvalue weighted by atomic mass is 10.2. The Morgan fingerprint density at radius 1 is 1.27 bits per heavy atom. The summed E-state index contributed by atoms with van der Waals surface area (Å²) in [5, 5.41) is 6.11. The third-order valence-electron chi connectivity index (χ3n) is 1.99. The molecule has 0 saturated carbocycles. The van der Waals surface area contributed by atoms with Gasteiger partial charge in [-0.2, -0.15) is 0 Å². The Morgan fingerprint density at radius 2 is 2.13 bits per heavy atom. The second-order valence-corrected chi connectivity index (χ2v) is 3.07. The van der Waals surface area contributed by atoms with E-state index in [1.54, 1.807) is 12.3 Å². The molecular weight excluding hydrogens is 192 g/mol. The summed E-state index contributed by atoms with van der Waals surface area (Å²) in [7, 11) is 0. The van der Waals surface area contributed by atoms with Gasteiger partial charge in [0.25, 0.3) is 0 Å². The van der Waals surface area contributed by atoms with Gasteiger partial charge in [0.1, 0.15) is 6.26 Å². The predicted octanol–water partition coefficient (Wildman–Crippen LogP) is 1.86. The highest BCUT2D eigenvalue weighted by Gasteiger charge is 2.15. The number of nitrogens with one attached hydrogen (secondary N) is 1.